The van der Waals surface area contributed by atoms with Crippen molar-refractivity contribution in [3.05, 3.63) is 0 Å². The van der Waals surface area contributed by atoms with Gasteiger partial charge in [0.25, 0.3) is 0 Å². The van der Waals surface area contributed by atoms with E-state index < -0.39 is 0 Å². The van der Waals surface area contributed by atoms with E-state index in [4.69, 9.17) is 0 Å². The zero-order chi connectivity index (χ0) is 12.0. The van der Waals surface area contributed by atoms with Gasteiger partial charge < -0.3 is 10.2 Å². The Morgan fingerprint density at radius 1 is 1.38 bits per heavy atom. The van der Waals surface area contributed by atoms with Gasteiger partial charge in [-0.15, -0.1) is 0 Å². The Hall–Kier alpha value is -0.570. The molecule has 94 valence electrons. The first-order chi connectivity index (χ1) is 7.65. The maximum atomic E-state index is 11.6. The van der Waals surface area contributed by atoms with Crippen LogP contribution in [0.2, 0.25) is 0 Å². The van der Waals surface area contributed by atoms with Gasteiger partial charge >= 0.3 is 0 Å². The van der Waals surface area contributed by atoms with Crippen LogP contribution in [0, 0.1) is 5.92 Å². The van der Waals surface area contributed by atoms with Crippen molar-refractivity contribution in [2.45, 2.75) is 52.0 Å². The SMILES string of the molecule is CCN(C)C(=O)CNC(C)C1CCCCC1. The van der Waals surface area contributed by atoms with E-state index in [1.807, 2.05) is 14.0 Å². The average Bonchev–Trinajstić information content (AvgIpc) is 2.35. The summed E-state index contributed by atoms with van der Waals surface area (Å²) in [5.41, 5.74) is 0. The molecule has 0 bridgehead atoms. The highest BCUT2D eigenvalue weighted by Gasteiger charge is 2.20. The highest BCUT2D eigenvalue weighted by molar-refractivity contribution is 5.77. The Morgan fingerprint density at radius 3 is 2.56 bits per heavy atom. The number of amides is 1. The maximum Gasteiger partial charge on any atom is 0.236 e. The van der Waals surface area contributed by atoms with E-state index in [1.54, 1.807) is 4.90 Å². The fourth-order valence-electron chi connectivity index (χ4n) is 2.36. The molecule has 1 rings (SSSR count). The molecular formula is C13H26N2O. The Bertz CT molecular complexity index is 212. The molecule has 1 N–H and O–H groups in total. The van der Waals surface area contributed by atoms with E-state index in [0.29, 0.717) is 12.6 Å². The van der Waals surface area contributed by atoms with E-state index in [1.165, 1.54) is 32.1 Å². The summed E-state index contributed by atoms with van der Waals surface area (Å²) in [5.74, 6) is 0.971. The monoisotopic (exact) mass is 226 g/mol. The van der Waals surface area contributed by atoms with E-state index >= 15 is 0 Å². The van der Waals surface area contributed by atoms with Crippen molar-refractivity contribution in [2.24, 2.45) is 5.92 Å². The van der Waals surface area contributed by atoms with Crippen LogP contribution in [0.3, 0.4) is 0 Å². The summed E-state index contributed by atoms with van der Waals surface area (Å²) >= 11 is 0. The predicted octanol–water partition coefficient (Wildman–Crippen LogP) is 2.02. The number of nitrogens with zero attached hydrogens (tertiary/aromatic N) is 1. The second kappa shape index (κ2) is 6.89. The Labute approximate surface area is 99.6 Å². The van der Waals surface area contributed by atoms with Gasteiger partial charge in [0, 0.05) is 19.6 Å². The van der Waals surface area contributed by atoms with Crippen molar-refractivity contribution in [1.29, 1.82) is 0 Å². The molecule has 1 fully saturated rings. The fraction of sp³-hybridized carbons (Fsp3) is 0.923. The van der Waals surface area contributed by atoms with Crippen LogP contribution >= 0.6 is 0 Å². The third-order valence-electron chi connectivity index (χ3n) is 3.83. The summed E-state index contributed by atoms with van der Waals surface area (Å²) in [4.78, 5) is 13.4. The van der Waals surface area contributed by atoms with Crippen LogP contribution in [-0.4, -0.2) is 37.0 Å². The van der Waals surface area contributed by atoms with Crippen molar-refractivity contribution in [2.75, 3.05) is 20.1 Å². The second-order valence-corrected chi connectivity index (χ2v) is 4.98. The lowest BCUT2D eigenvalue weighted by atomic mass is 9.84. The summed E-state index contributed by atoms with van der Waals surface area (Å²) < 4.78 is 0. The minimum Gasteiger partial charge on any atom is -0.345 e. The fourth-order valence-corrected chi connectivity index (χ4v) is 2.36. The van der Waals surface area contributed by atoms with Crippen molar-refractivity contribution in [1.82, 2.24) is 10.2 Å². The summed E-state index contributed by atoms with van der Waals surface area (Å²) in [6, 6.07) is 0.481. The van der Waals surface area contributed by atoms with Gasteiger partial charge in [0.2, 0.25) is 5.91 Å². The van der Waals surface area contributed by atoms with Crippen LogP contribution < -0.4 is 5.32 Å². The number of hydrogen-bond acceptors (Lipinski definition) is 2. The molecule has 0 aromatic carbocycles. The molecule has 1 saturated carbocycles. The van der Waals surface area contributed by atoms with Gasteiger partial charge in [0.1, 0.15) is 0 Å². The average molecular weight is 226 g/mol. The molecule has 0 radical (unpaired) electrons. The largest absolute Gasteiger partial charge is 0.345 e. The van der Waals surface area contributed by atoms with Gasteiger partial charge in [-0.25, -0.2) is 0 Å². The second-order valence-electron chi connectivity index (χ2n) is 4.98. The highest BCUT2D eigenvalue weighted by Crippen LogP contribution is 2.26. The van der Waals surface area contributed by atoms with Crippen molar-refractivity contribution >= 4 is 5.91 Å². The molecule has 3 heteroatoms. The molecule has 1 aliphatic rings. The summed E-state index contributed by atoms with van der Waals surface area (Å²) in [6.07, 6.45) is 6.76. The topological polar surface area (TPSA) is 32.3 Å². The molecule has 0 saturated heterocycles. The van der Waals surface area contributed by atoms with Crippen LogP contribution in [0.4, 0.5) is 0 Å². The maximum absolute atomic E-state index is 11.6. The molecule has 16 heavy (non-hydrogen) atoms. The first-order valence-corrected chi connectivity index (χ1v) is 6.62. The minimum absolute atomic E-state index is 0.199. The van der Waals surface area contributed by atoms with E-state index in [2.05, 4.69) is 12.2 Å². The van der Waals surface area contributed by atoms with E-state index in [-0.39, 0.29) is 5.91 Å². The van der Waals surface area contributed by atoms with Crippen molar-refractivity contribution in [3.8, 4) is 0 Å². The first kappa shape index (κ1) is 13.5. The molecule has 1 atom stereocenters. The standard InChI is InChI=1S/C13H26N2O/c1-4-15(3)13(16)10-14-11(2)12-8-6-5-7-9-12/h11-12,14H,4-10H2,1-3H3. The number of rotatable bonds is 5. The quantitative estimate of drug-likeness (QED) is 0.778. The molecule has 1 unspecified atom stereocenters. The normalized spacial score (nSPS) is 19.4. The smallest absolute Gasteiger partial charge is 0.236 e. The van der Waals surface area contributed by atoms with Crippen LogP contribution in [0.5, 0.6) is 0 Å². The zero-order valence-electron chi connectivity index (χ0n) is 11.0. The summed E-state index contributed by atoms with van der Waals surface area (Å²) in [5, 5.41) is 3.38. The number of hydrogen-bond donors (Lipinski definition) is 1. The van der Waals surface area contributed by atoms with Gasteiger partial charge in [-0.1, -0.05) is 19.3 Å². The number of carbonyl (C=O) groups is 1. The molecule has 3 nitrogen and oxygen atoms in total. The molecule has 0 heterocycles. The number of carbonyl (C=O) groups excluding carboxylic acids is 1. The van der Waals surface area contributed by atoms with Crippen LogP contribution in [0.25, 0.3) is 0 Å². The van der Waals surface area contributed by atoms with Crippen molar-refractivity contribution < 1.29 is 4.79 Å². The lowest BCUT2D eigenvalue weighted by molar-refractivity contribution is -0.128. The number of nitrogens with one attached hydrogen (secondary N) is 1. The van der Waals surface area contributed by atoms with E-state index in [9.17, 15) is 4.79 Å². The van der Waals surface area contributed by atoms with Gasteiger partial charge in [-0.3, -0.25) is 4.79 Å². The Balaban J connectivity index is 2.23. The molecule has 1 amide bonds. The molecule has 0 spiro atoms. The Kier molecular flexibility index (Phi) is 5.81. The van der Waals surface area contributed by atoms with Crippen molar-refractivity contribution in [3.63, 3.8) is 0 Å². The molecule has 0 aliphatic heterocycles. The van der Waals surface area contributed by atoms with Gasteiger partial charge in [0.05, 0.1) is 6.54 Å². The first-order valence-electron chi connectivity index (χ1n) is 6.62. The summed E-state index contributed by atoms with van der Waals surface area (Å²) in [7, 11) is 1.86. The molecule has 0 aromatic rings. The van der Waals surface area contributed by atoms with Gasteiger partial charge in [0.15, 0.2) is 0 Å². The van der Waals surface area contributed by atoms with Crippen LogP contribution in [0.15, 0.2) is 0 Å². The summed E-state index contributed by atoms with van der Waals surface area (Å²) in [6.45, 7) is 5.50. The molecule has 0 aromatic heterocycles. The Morgan fingerprint density at radius 2 is 2.00 bits per heavy atom. The zero-order valence-corrected chi connectivity index (χ0v) is 11.0. The highest BCUT2D eigenvalue weighted by atomic mass is 16.2. The van der Waals surface area contributed by atoms with Gasteiger partial charge in [-0.2, -0.15) is 0 Å². The lowest BCUT2D eigenvalue weighted by Crippen LogP contribution is -2.42. The third-order valence-corrected chi connectivity index (χ3v) is 3.83. The minimum atomic E-state index is 0.199. The van der Waals surface area contributed by atoms with Crippen LogP contribution in [0.1, 0.15) is 46.0 Å². The van der Waals surface area contributed by atoms with Gasteiger partial charge in [-0.05, 0) is 32.6 Å². The third kappa shape index (κ3) is 4.12. The lowest BCUT2D eigenvalue weighted by Gasteiger charge is -2.28. The molecule has 1 aliphatic carbocycles. The predicted molar refractivity (Wildman–Crippen MR) is 67.4 cm³/mol. The van der Waals surface area contributed by atoms with Crippen LogP contribution in [-0.2, 0) is 4.79 Å². The van der Waals surface area contributed by atoms with E-state index in [0.717, 1.165) is 12.5 Å². The number of likely N-dealkylation sites (N-methyl/N-ethyl adjacent to an activating group) is 1. The molecular weight excluding hydrogens is 200 g/mol.